The van der Waals surface area contributed by atoms with Gasteiger partial charge in [0.2, 0.25) is 5.91 Å². The zero-order valence-electron chi connectivity index (χ0n) is 14.5. The third-order valence-corrected chi connectivity index (χ3v) is 5.35. The summed E-state index contributed by atoms with van der Waals surface area (Å²) in [5.41, 5.74) is 3.40. The topological polar surface area (TPSA) is 72.9 Å². The van der Waals surface area contributed by atoms with Gasteiger partial charge in [-0.05, 0) is 43.3 Å². The van der Waals surface area contributed by atoms with Crippen LogP contribution in [-0.4, -0.2) is 35.5 Å². The molecule has 0 saturated carbocycles. The Hall–Kier alpha value is -2.38. The minimum absolute atomic E-state index is 0.0184. The molecule has 0 aromatic heterocycles. The van der Waals surface area contributed by atoms with Gasteiger partial charge < -0.3 is 4.90 Å². The molecule has 7 heteroatoms. The second-order valence-corrected chi connectivity index (χ2v) is 7.25. The molecule has 0 heterocycles. The van der Waals surface area contributed by atoms with Crippen LogP contribution in [0.1, 0.15) is 13.3 Å². The lowest BCUT2D eigenvalue weighted by Gasteiger charge is -2.30. The number of benzene rings is 2. The molecular weight excluding hydrogens is 338 g/mol. The number of hydroxylamine groups is 1. The van der Waals surface area contributed by atoms with Crippen molar-refractivity contribution >= 4 is 28.3 Å². The minimum atomic E-state index is -1.48. The molecule has 6 nitrogen and oxygen atoms in total. The summed E-state index contributed by atoms with van der Waals surface area (Å²) >= 11 is 0. The van der Waals surface area contributed by atoms with Crippen LogP contribution >= 0.6 is 0 Å². The smallest absolute Gasteiger partial charge is 0.245 e. The molecule has 2 aromatic rings. The highest BCUT2D eigenvalue weighted by atomic mass is 32.2. The molecule has 25 heavy (non-hydrogen) atoms. The number of anilines is 2. The number of rotatable bonds is 7. The van der Waals surface area contributed by atoms with Crippen LogP contribution in [0.2, 0.25) is 0 Å². The monoisotopic (exact) mass is 361 g/mol. The second kappa shape index (κ2) is 8.64. The molecule has 0 aliphatic heterocycles. The standard InChI is InChI=1S/C18H23N3O3S/c1-14(13-18(22)19-23)21(25(24)17-7-5-4-6-8-17)16-11-9-15(10-12-16)20(2)3/h4-12,14,23H,13H2,1-3H3,(H,19,22). The van der Waals surface area contributed by atoms with Crippen LogP contribution in [0.25, 0.3) is 0 Å². The molecule has 0 radical (unpaired) electrons. The van der Waals surface area contributed by atoms with E-state index in [0.717, 1.165) is 11.4 Å². The highest BCUT2D eigenvalue weighted by Crippen LogP contribution is 2.26. The lowest BCUT2D eigenvalue weighted by Crippen LogP contribution is -2.38. The highest BCUT2D eigenvalue weighted by molar-refractivity contribution is 7.86. The Bertz CT molecular complexity index is 720. The molecule has 1 amide bonds. The maximum Gasteiger partial charge on any atom is 0.245 e. The molecular formula is C18H23N3O3S. The molecule has 0 spiro atoms. The third kappa shape index (κ3) is 4.80. The van der Waals surface area contributed by atoms with Gasteiger partial charge >= 0.3 is 0 Å². The van der Waals surface area contributed by atoms with Gasteiger partial charge in [0.05, 0.1) is 10.6 Å². The summed E-state index contributed by atoms with van der Waals surface area (Å²) in [5.74, 6) is -0.521. The summed E-state index contributed by atoms with van der Waals surface area (Å²) in [6, 6.07) is 16.3. The first kappa shape index (κ1) is 19.0. The van der Waals surface area contributed by atoms with Crippen molar-refractivity contribution < 1.29 is 14.2 Å². The van der Waals surface area contributed by atoms with Gasteiger partial charge in [0.25, 0.3) is 0 Å². The average Bonchev–Trinajstić information content (AvgIpc) is 2.62. The van der Waals surface area contributed by atoms with Crippen LogP contribution in [0.4, 0.5) is 11.4 Å². The molecule has 134 valence electrons. The molecule has 0 aliphatic rings. The number of hydrogen-bond donors (Lipinski definition) is 2. The van der Waals surface area contributed by atoms with Crippen molar-refractivity contribution in [3.05, 3.63) is 54.6 Å². The lowest BCUT2D eigenvalue weighted by atomic mass is 10.2. The van der Waals surface area contributed by atoms with Gasteiger partial charge in [0.15, 0.2) is 11.0 Å². The van der Waals surface area contributed by atoms with E-state index in [1.807, 2.05) is 61.5 Å². The van der Waals surface area contributed by atoms with Crippen molar-refractivity contribution in [1.82, 2.24) is 5.48 Å². The van der Waals surface area contributed by atoms with Gasteiger partial charge in [-0.3, -0.25) is 14.3 Å². The Morgan fingerprint density at radius 1 is 1.08 bits per heavy atom. The van der Waals surface area contributed by atoms with Crippen molar-refractivity contribution in [2.45, 2.75) is 24.3 Å². The van der Waals surface area contributed by atoms with Gasteiger partial charge in [-0.1, -0.05) is 18.2 Å². The van der Waals surface area contributed by atoms with Crippen LogP contribution in [0.15, 0.2) is 59.5 Å². The summed E-state index contributed by atoms with van der Waals surface area (Å²) < 4.78 is 14.8. The van der Waals surface area contributed by atoms with E-state index in [1.54, 1.807) is 28.8 Å². The SMILES string of the molecule is CC(CC(=O)NO)N(c1ccc(N(C)C)cc1)S(=O)c1ccccc1. The Kier molecular flexibility index (Phi) is 6.55. The van der Waals surface area contributed by atoms with Gasteiger partial charge in [0, 0.05) is 32.2 Å². The molecule has 2 atom stereocenters. The molecule has 0 aliphatic carbocycles. The first-order chi connectivity index (χ1) is 11.9. The van der Waals surface area contributed by atoms with E-state index in [2.05, 4.69) is 0 Å². The normalized spacial score (nSPS) is 13.0. The molecule has 2 unspecified atom stereocenters. The quantitative estimate of drug-likeness (QED) is 0.587. The van der Waals surface area contributed by atoms with Crippen LogP contribution in [0.3, 0.4) is 0 Å². The number of nitrogens with zero attached hydrogens (tertiary/aromatic N) is 2. The average molecular weight is 361 g/mol. The molecule has 2 aromatic carbocycles. The molecule has 0 bridgehead atoms. The van der Waals surface area contributed by atoms with Gasteiger partial charge in [-0.15, -0.1) is 0 Å². The van der Waals surface area contributed by atoms with Crippen molar-refractivity contribution in [1.29, 1.82) is 0 Å². The Morgan fingerprint density at radius 2 is 1.64 bits per heavy atom. The summed E-state index contributed by atoms with van der Waals surface area (Å²) in [5, 5.41) is 8.79. The first-order valence-electron chi connectivity index (χ1n) is 7.90. The predicted octanol–water partition coefficient (Wildman–Crippen LogP) is 2.57. The number of carbonyl (C=O) groups is 1. The maximum atomic E-state index is 13.1. The van der Waals surface area contributed by atoms with E-state index in [0.29, 0.717) is 4.90 Å². The summed E-state index contributed by atoms with van der Waals surface area (Å²) in [4.78, 5) is 14.2. The van der Waals surface area contributed by atoms with Crippen LogP contribution < -0.4 is 14.7 Å². The van der Waals surface area contributed by atoms with E-state index in [9.17, 15) is 9.00 Å². The number of hydrogen-bond acceptors (Lipinski definition) is 4. The maximum absolute atomic E-state index is 13.1. The highest BCUT2D eigenvalue weighted by Gasteiger charge is 2.24. The predicted molar refractivity (Wildman–Crippen MR) is 100 cm³/mol. The lowest BCUT2D eigenvalue weighted by molar-refractivity contribution is -0.129. The van der Waals surface area contributed by atoms with E-state index in [4.69, 9.17) is 5.21 Å². The fourth-order valence-electron chi connectivity index (χ4n) is 2.46. The van der Waals surface area contributed by atoms with E-state index in [1.165, 1.54) is 0 Å². The van der Waals surface area contributed by atoms with Crippen LogP contribution in [-0.2, 0) is 15.8 Å². The largest absolute Gasteiger partial charge is 0.378 e. The van der Waals surface area contributed by atoms with Crippen molar-refractivity contribution in [2.24, 2.45) is 0 Å². The first-order valence-corrected chi connectivity index (χ1v) is 9.01. The molecule has 0 saturated heterocycles. The fourth-order valence-corrected chi connectivity index (χ4v) is 3.79. The Balaban J connectivity index is 2.37. The zero-order valence-corrected chi connectivity index (χ0v) is 15.4. The molecule has 0 fully saturated rings. The number of nitrogens with one attached hydrogen (secondary N) is 1. The summed E-state index contributed by atoms with van der Waals surface area (Å²) in [6.07, 6.45) is 0.0184. The fraction of sp³-hybridized carbons (Fsp3) is 0.278. The van der Waals surface area contributed by atoms with Gasteiger partial charge in [-0.2, -0.15) is 0 Å². The number of amides is 1. The van der Waals surface area contributed by atoms with Crippen molar-refractivity contribution in [3.8, 4) is 0 Å². The van der Waals surface area contributed by atoms with Crippen molar-refractivity contribution in [2.75, 3.05) is 23.3 Å². The summed E-state index contributed by atoms with van der Waals surface area (Å²) in [7, 11) is 2.42. The van der Waals surface area contributed by atoms with Crippen molar-refractivity contribution in [3.63, 3.8) is 0 Å². The van der Waals surface area contributed by atoms with E-state index < -0.39 is 16.9 Å². The molecule has 2 rings (SSSR count). The van der Waals surface area contributed by atoms with E-state index in [-0.39, 0.29) is 12.5 Å². The minimum Gasteiger partial charge on any atom is -0.378 e. The number of carbonyl (C=O) groups excluding carboxylic acids is 1. The van der Waals surface area contributed by atoms with Gasteiger partial charge in [-0.25, -0.2) is 9.69 Å². The van der Waals surface area contributed by atoms with E-state index >= 15 is 0 Å². The second-order valence-electron chi connectivity index (χ2n) is 5.89. The van der Waals surface area contributed by atoms with Crippen LogP contribution in [0, 0.1) is 0 Å². The third-order valence-electron chi connectivity index (χ3n) is 3.75. The Labute approximate surface area is 150 Å². The van der Waals surface area contributed by atoms with Crippen LogP contribution in [0.5, 0.6) is 0 Å². The molecule has 2 N–H and O–H groups in total. The zero-order chi connectivity index (χ0) is 18.4. The summed E-state index contributed by atoms with van der Waals surface area (Å²) in [6.45, 7) is 1.80. The Morgan fingerprint density at radius 3 is 2.16 bits per heavy atom. The van der Waals surface area contributed by atoms with Gasteiger partial charge in [0.1, 0.15) is 0 Å².